The van der Waals surface area contributed by atoms with Crippen molar-refractivity contribution in [2.45, 2.75) is 32.9 Å². The molecule has 1 N–H and O–H groups in total. The molecule has 0 aliphatic heterocycles. The molecule has 7 heteroatoms. The summed E-state index contributed by atoms with van der Waals surface area (Å²) in [5, 5.41) is 8.93. The summed E-state index contributed by atoms with van der Waals surface area (Å²) in [5.41, 5.74) is 3.17. The van der Waals surface area contributed by atoms with Gasteiger partial charge in [0.1, 0.15) is 17.2 Å². The molecule has 0 amide bonds. The highest BCUT2D eigenvalue weighted by Gasteiger charge is 2.37. The zero-order chi connectivity index (χ0) is 22.6. The molecule has 0 unspecified atom stereocenters. The summed E-state index contributed by atoms with van der Waals surface area (Å²) in [7, 11) is 0. The van der Waals surface area contributed by atoms with E-state index in [0.29, 0.717) is 29.1 Å². The van der Waals surface area contributed by atoms with Crippen molar-refractivity contribution < 1.29 is 27.8 Å². The van der Waals surface area contributed by atoms with Crippen LogP contribution in [0.5, 0.6) is 5.75 Å². The van der Waals surface area contributed by atoms with Crippen LogP contribution in [0.1, 0.15) is 37.7 Å². The van der Waals surface area contributed by atoms with Gasteiger partial charge in [0.15, 0.2) is 5.78 Å². The highest BCUT2D eigenvalue weighted by atomic mass is 32.1. The van der Waals surface area contributed by atoms with Crippen LogP contribution >= 0.6 is 11.3 Å². The maximum atomic E-state index is 13.5. The average molecular weight is 449 g/mol. The number of rotatable bonds is 8. The van der Waals surface area contributed by atoms with E-state index in [4.69, 9.17) is 9.84 Å². The maximum Gasteiger partial charge on any atom is 0.426 e. The van der Waals surface area contributed by atoms with E-state index in [9.17, 15) is 18.0 Å². The lowest BCUT2D eigenvalue weighted by atomic mass is 10.0. The number of aryl methyl sites for hydroxylation is 3. The molecule has 0 aliphatic rings. The molecular formula is C24H23F3O3S. The topological polar surface area (TPSA) is 46.5 Å². The second kappa shape index (κ2) is 9.66. The number of carbonyl (C=O) groups is 1. The smallest absolute Gasteiger partial charge is 0.426 e. The maximum absolute atomic E-state index is 13.5. The Morgan fingerprint density at radius 1 is 1.06 bits per heavy atom. The van der Waals surface area contributed by atoms with Crippen LogP contribution in [0.3, 0.4) is 0 Å². The van der Waals surface area contributed by atoms with Crippen molar-refractivity contribution in [2.24, 2.45) is 0 Å². The van der Waals surface area contributed by atoms with Crippen molar-refractivity contribution >= 4 is 17.1 Å². The predicted octanol–water partition coefficient (Wildman–Crippen LogP) is 6.24. The Hall–Kier alpha value is -2.64. The first kappa shape index (κ1) is 23.0. The Kier molecular flexibility index (Phi) is 7.18. The van der Waals surface area contributed by atoms with Crippen LogP contribution in [-0.2, 0) is 12.6 Å². The Balaban J connectivity index is 1.79. The lowest BCUT2D eigenvalue weighted by Gasteiger charge is -2.13. The van der Waals surface area contributed by atoms with E-state index in [2.05, 4.69) is 0 Å². The Bertz CT molecular complexity index is 1030. The standard InChI is InChI=1S/C24H23F3O3S/c1-15-12-17(13-16(2)22(15)30-11-10-28)8-9-20(29)21-14-19(18-6-4-3-5-7-18)23(31-21)24(25,26)27/h3-7,12-14,28H,8-11H2,1-2H3. The Labute approximate surface area is 183 Å². The molecule has 3 nitrogen and oxygen atoms in total. The minimum Gasteiger partial charge on any atom is -0.491 e. The summed E-state index contributed by atoms with van der Waals surface area (Å²) < 4.78 is 46.2. The van der Waals surface area contributed by atoms with Gasteiger partial charge in [-0.3, -0.25) is 4.79 Å². The normalized spacial score (nSPS) is 11.5. The van der Waals surface area contributed by atoms with Crippen molar-refractivity contribution in [1.82, 2.24) is 0 Å². The molecule has 1 heterocycles. The van der Waals surface area contributed by atoms with Gasteiger partial charge < -0.3 is 9.84 Å². The molecule has 1 aromatic heterocycles. The van der Waals surface area contributed by atoms with E-state index >= 15 is 0 Å². The van der Waals surface area contributed by atoms with Gasteiger partial charge in [-0.1, -0.05) is 42.5 Å². The fourth-order valence-corrected chi connectivity index (χ4v) is 4.53. The molecule has 3 rings (SSSR count). The van der Waals surface area contributed by atoms with E-state index in [1.54, 1.807) is 30.3 Å². The van der Waals surface area contributed by atoms with Gasteiger partial charge in [0.25, 0.3) is 0 Å². The number of hydrogen-bond donors (Lipinski definition) is 1. The summed E-state index contributed by atoms with van der Waals surface area (Å²) in [4.78, 5) is 12.1. The minimum atomic E-state index is -4.52. The number of hydrogen-bond acceptors (Lipinski definition) is 4. The molecule has 0 spiro atoms. The van der Waals surface area contributed by atoms with E-state index < -0.39 is 11.1 Å². The molecule has 164 valence electrons. The van der Waals surface area contributed by atoms with E-state index in [0.717, 1.165) is 16.7 Å². The molecule has 0 radical (unpaired) electrons. The Morgan fingerprint density at radius 3 is 2.29 bits per heavy atom. The van der Waals surface area contributed by atoms with Gasteiger partial charge >= 0.3 is 6.18 Å². The first-order chi connectivity index (χ1) is 14.7. The number of carbonyl (C=O) groups excluding carboxylic acids is 1. The van der Waals surface area contributed by atoms with Crippen molar-refractivity contribution in [1.29, 1.82) is 0 Å². The van der Waals surface area contributed by atoms with Gasteiger partial charge in [0.2, 0.25) is 0 Å². The van der Waals surface area contributed by atoms with Crippen LogP contribution in [-0.4, -0.2) is 24.1 Å². The molecule has 0 aliphatic carbocycles. The minimum absolute atomic E-state index is 0.0403. The second-order valence-corrected chi connectivity index (χ2v) is 8.32. The van der Waals surface area contributed by atoms with Crippen molar-refractivity contribution in [3.05, 3.63) is 75.0 Å². The highest BCUT2D eigenvalue weighted by Crippen LogP contribution is 2.43. The first-order valence-electron chi connectivity index (χ1n) is 9.84. The summed E-state index contributed by atoms with van der Waals surface area (Å²) in [6, 6.07) is 13.5. The van der Waals surface area contributed by atoms with Crippen molar-refractivity contribution in [3.63, 3.8) is 0 Å². The summed E-state index contributed by atoms with van der Waals surface area (Å²) in [6.45, 7) is 3.88. The van der Waals surface area contributed by atoms with Gasteiger partial charge in [0.05, 0.1) is 11.5 Å². The van der Waals surface area contributed by atoms with Gasteiger partial charge in [0, 0.05) is 12.0 Å². The van der Waals surface area contributed by atoms with Gasteiger partial charge in [-0.05, 0) is 48.6 Å². The monoisotopic (exact) mass is 448 g/mol. The molecular weight excluding hydrogens is 425 g/mol. The molecule has 2 aromatic carbocycles. The molecule has 0 saturated heterocycles. The number of Topliss-reactive ketones (excluding diaryl/α,β-unsaturated/α-hetero) is 1. The number of benzene rings is 2. The Morgan fingerprint density at radius 2 is 1.71 bits per heavy atom. The average Bonchev–Trinajstić information content (AvgIpc) is 3.18. The molecule has 31 heavy (non-hydrogen) atoms. The summed E-state index contributed by atoms with van der Waals surface area (Å²) in [5.74, 6) is 0.387. The lowest BCUT2D eigenvalue weighted by Crippen LogP contribution is -2.05. The van der Waals surface area contributed by atoms with Crippen LogP contribution in [0.4, 0.5) is 13.2 Å². The van der Waals surface area contributed by atoms with Crippen molar-refractivity contribution in [2.75, 3.05) is 13.2 Å². The first-order valence-corrected chi connectivity index (χ1v) is 10.7. The van der Waals surface area contributed by atoms with Crippen LogP contribution < -0.4 is 4.74 Å². The number of halogens is 3. The van der Waals surface area contributed by atoms with Crippen LogP contribution in [0.2, 0.25) is 0 Å². The molecule has 0 atom stereocenters. The third kappa shape index (κ3) is 5.54. The van der Waals surface area contributed by atoms with Crippen LogP contribution in [0.25, 0.3) is 11.1 Å². The third-order valence-electron chi connectivity index (χ3n) is 4.85. The number of thiophene rings is 1. The SMILES string of the molecule is Cc1cc(CCC(=O)c2cc(-c3ccccc3)c(C(F)(F)F)s2)cc(C)c1OCCO. The number of aliphatic hydroxyl groups excluding tert-OH is 1. The zero-order valence-electron chi connectivity index (χ0n) is 17.3. The lowest BCUT2D eigenvalue weighted by molar-refractivity contribution is -0.133. The van der Waals surface area contributed by atoms with Crippen molar-refractivity contribution in [3.8, 4) is 16.9 Å². The number of ketones is 1. The second-order valence-electron chi connectivity index (χ2n) is 7.27. The van der Waals surface area contributed by atoms with E-state index in [-0.39, 0.29) is 35.9 Å². The fourth-order valence-electron chi connectivity index (χ4n) is 3.51. The summed E-state index contributed by atoms with van der Waals surface area (Å²) >= 11 is 0.504. The van der Waals surface area contributed by atoms with Gasteiger partial charge in [-0.2, -0.15) is 13.2 Å². The van der Waals surface area contributed by atoms with E-state index in [1.807, 2.05) is 26.0 Å². The number of ether oxygens (including phenoxy) is 1. The van der Waals surface area contributed by atoms with Crippen LogP contribution in [0, 0.1) is 13.8 Å². The molecule has 0 bridgehead atoms. The quantitative estimate of drug-likeness (QED) is 0.415. The fraction of sp³-hybridized carbons (Fsp3) is 0.292. The zero-order valence-corrected chi connectivity index (χ0v) is 18.1. The van der Waals surface area contributed by atoms with E-state index in [1.165, 1.54) is 6.07 Å². The molecule has 3 aromatic rings. The van der Waals surface area contributed by atoms with Gasteiger partial charge in [-0.25, -0.2) is 0 Å². The van der Waals surface area contributed by atoms with Crippen LogP contribution in [0.15, 0.2) is 48.5 Å². The third-order valence-corrected chi connectivity index (χ3v) is 6.07. The molecule has 0 fully saturated rings. The molecule has 0 saturated carbocycles. The number of alkyl halides is 3. The number of aliphatic hydroxyl groups is 1. The van der Waals surface area contributed by atoms with Gasteiger partial charge in [-0.15, -0.1) is 11.3 Å². The largest absolute Gasteiger partial charge is 0.491 e. The summed E-state index contributed by atoms with van der Waals surface area (Å²) in [6.07, 6.45) is -3.99. The highest BCUT2D eigenvalue weighted by molar-refractivity contribution is 7.14. The predicted molar refractivity (Wildman–Crippen MR) is 116 cm³/mol.